The molecule has 2 heterocycles. The van der Waals surface area contributed by atoms with Crippen LogP contribution in [0.3, 0.4) is 0 Å². The smallest absolute Gasteiger partial charge is 0.252 e. The highest BCUT2D eigenvalue weighted by molar-refractivity contribution is 7.99. The summed E-state index contributed by atoms with van der Waals surface area (Å²) in [5.74, 6) is 1.21. The molecule has 0 bridgehead atoms. The summed E-state index contributed by atoms with van der Waals surface area (Å²) in [4.78, 5) is 22.0. The van der Waals surface area contributed by atoms with Gasteiger partial charge in [-0.2, -0.15) is 4.98 Å². The van der Waals surface area contributed by atoms with Gasteiger partial charge in [0.1, 0.15) is 0 Å². The molecule has 1 saturated carbocycles. The third-order valence-corrected chi connectivity index (χ3v) is 5.61. The van der Waals surface area contributed by atoms with E-state index in [1.165, 1.54) is 11.8 Å². The summed E-state index contributed by atoms with van der Waals surface area (Å²) in [7, 11) is 0. The van der Waals surface area contributed by atoms with Gasteiger partial charge in [0.25, 0.3) is 5.91 Å². The summed E-state index contributed by atoms with van der Waals surface area (Å²) in [6.07, 6.45) is 2.11. The highest BCUT2D eigenvalue weighted by atomic mass is 32.2. The Morgan fingerprint density at radius 2 is 2.00 bits per heavy atom. The number of rotatable bonds is 5. The van der Waals surface area contributed by atoms with E-state index >= 15 is 0 Å². The molecule has 1 N–H and O–H groups in total. The van der Waals surface area contributed by atoms with Crippen molar-refractivity contribution in [2.75, 3.05) is 0 Å². The zero-order chi connectivity index (χ0) is 19.9. The van der Waals surface area contributed by atoms with Gasteiger partial charge in [0.15, 0.2) is 5.82 Å². The molecule has 1 amide bonds. The van der Waals surface area contributed by atoms with E-state index in [2.05, 4.69) is 36.2 Å². The number of aromatic nitrogens is 3. The highest BCUT2D eigenvalue weighted by Crippen LogP contribution is 2.35. The van der Waals surface area contributed by atoms with Crippen LogP contribution in [0.1, 0.15) is 67.9 Å². The first kappa shape index (κ1) is 18.9. The monoisotopic (exact) mass is 396 g/mol. The molecule has 0 saturated heterocycles. The van der Waals surface area contributed by atoms with Gasteiger partial charge in [0.05, 0.1) is 21.4 Å². The fourth-order valence-electron chi connectivity index (χ4n) is 2.83. The van der Waals surface area contributed by atoms with Crippen molar-refractivity contribution in [1.29, 1.82) is 0 Å². The van der Waals surface area contributed by atoms with E-state index < -0.39 is 0 Å². The average Bonchev–Trinajstić information content (AvgIpc) is 3.30. The predicted molar refractivity (Wildman–Crippen MR) is 110 cm³/mol. The number of hydrogen-bond acceptors (Lipinski definition) is 6. The predicted octanol–water partition coefficient (Wildman–Crippen LogP) is 4.66. The van der Waals surface area contributed by atoms with Crippen LogP contribution in [0.15, 0.2) is 39.9 Å². The molecule has 0 radical (unpaired) electrons. The van der Waals surface area contributed by atoms with Gasteiger partial charge in [-0.15, -0.1) is 0 Å². The summed E-state index contributed by atoms with van der Waals surface area (Å²) >= 11 is 1.51. The molecule has 1 atom stereocenters. The van der Waals surface area contributed by atoms with Crippen LogP contribution >= 0.6 is 11.8 Å². The van der Waals surface area contributed by atoms with Crippen molar-refractivity contribution in [1.82, 2.24) is 20.4 Å². The lowest BCUT2D eigenvalue weighted by Crippen LogP contribution is -2.25. The third kappa shape index (κ3) is 4.04. The first-order valence-corrected chi connectivity index (χ1v) is 10.4. The number of nitrogens with zero attached hydrogens (tertiary/aromatic N) is 3. The number of thioether (sulfide) groups is 1. The number of carbonyl (C=O) groups is 1. The SMILES string of the molecule is CC(Sc1cc(C(=O)NC2CC2)c2ccccc2n1)c1nc(C(C)(C)C)no1. The molecular weight excluding hydrogens is 372 g/mol. The van der Waals surface area contributed by atoms with Gasteiger partial charge < -0.3 is 9.84 Å². The molecule has 4 rings (SSSR count). The Hall–Kier alpha value is -2.41. The van der Waals surface area contributed by atoms with Gasteiger partial charge in [0, 0.05) is 16.8 Å². The number of pyridine rings is 1. The van der Waals surface area contributed by atoms with Gasteiger partial charge >= 0.3 is 0 Å². The Kier molecular flexibility index (Phi) is 4.87. The van der Waals surface area contributed by atoms with Gasteiger partial charge in [-0.3, -0.25) is 4.79 Å². The van der Waals surface area contributed by atoms with E-state index in [0.717, 1.165) is 28.8 Å². The van der Waals surface area contributed by atoms with Crippen LogP contribution < -0.4 is 5.32 Å². The number of carbonyl (C=O) groups excluding carboxylic acids is 1. The maximum Gasteiger partial charge on any atom is 0.252 e. The average molecular weight is 397 g/mol. The Morgan fingerprint density at radius 1 is 1.25 bits per heavy atom. The Balaban J connectivity index is 1.62. The normalized spacial score (nSPS) is 15.6. The summed E-state index contributed by atoms with van der Waals surface area (Å²) in [5, 5.41) is 8.74. The van der Waals surface area contributed by atoms with Crippen LogP contribution in [0.25, 0.3) is 10.9 Å². The van der Waals surface area contributed by atoms with E-state index in [1.807, 2.05) is 37.3 Å². The molecule has 146 valence electrons. The van der Waals surface area contributed by atoms with Crippen molar-refractivity contribution in [3.05, 3.63) is 47.6 Å². The van der Waals surface area contributed by atoms with Crippen molar-refractivity contribution in [3.8, 4) is 0 Å². The van der Waals surface area contributed by atoms with E-state index in [1.54, 1.807) is 0 Å². The Bertz CT molecular complexity index is 1020. The van der Waals surface area contributed by atoms with Crippen molar-refractivity contribution in [2.24, 2.45) is 0 Å². The zero-order valence-corrected chi connectivity index (χ0v) is 17.3. The van der Waals surface area contributed by atoms with Crippen LogP contribution in [0.4, 0.5) is 0 Å². The summed E-state index contributed by atoms with van der Waals surface area (Å²) in [6.45, 7) is 8.16. The summed E-state index contributed by atoms with van der Waals surface area (Å²) in [6, 6.07) is 9.91. The highest BCUT2D eigenvalue weighted by Gasteiger charge is 2.26. The first-order chi connectivity index (χ1) is 13.3. The second-order valence-corrected chi connectivity index (χ2v) is 9.60. The number of hydrogen-bond donors (Lipinski definition) is 1. The lowest BCUT2D eigenvalue weighted by Gasteiger charge is -2.12. The molecule has 2 aromatic heterocycles. The fourth-order valence-corrected chi connectivity index (χ4v) is 3.72. The largest absolute Gasteiger partial charge is 0.349 e. The molecule has 1 aliphatic carbocycles. The molecule has 0 aliphatic heterocycles. The number of fused-ring (bicyclic) bond motifs is 1. The minimum Gasteiger partial charge on any atom is -0.349 e. The number of para-hydroxylation sites is 1. The summed E-state index contributed by atoms with van der Waals surface area (Å²) < 4.78 is 5.46. The molecular formula is C21H24N4O2S. The van der Waals surface area contributed by atoms with Gasteiger partial charge in [0.2, 0.25) is 5.89 Å². The van der Waals surface area contributed by atoms with Crippen LogP contribution in [0, 0.1) is 0 Å². The molecule has 6 nitrogen and oxygen atoms in total. The molecule has 1 aliphatic rings. The Morgan fingerprint density at radius 3 is 2.68 bits per heavy atom. The van der Waals surface area contributed by atoms with Crippen molar-refractivity contribution in [3.63, 3.8) is 0 Å². The molecule has 28 heavy (non-hydrogen) atoms. The van der Waals surface area contributed by atoms with Gasteiger partial charge in [-0.25, -0.2) is 4.98 Å². The second-order valence-electron chi connectivity index (χ2n) is 8.24. The number of benzene rings is 1. The molecule has 1 aromatic carbocycles. The van der Waals surface area contributed by atoms with Gasteiger partial charge in [-0.05, 0) is 31.9 Å². The number of amides is 1. The third-order valence-electron chi connectivity index (χ3n) is 4.61. The summed E-state index contributed by atoms with van der Waals surface area (Å²) in [5.41, 5.74) is 1.30. The minimum absolute atomic E-state index is 0.0385. The van der Waals surface area contributed by atoms with Crippen LogP contribution in [-0.2, 0) is 5.41 Å². The standard InChI is InChI=1S/C21H24N4O2S/c1-12(19-24-20(25-27-19)21(2,3)4)28-17-11-15(18(26)22-13-9-10-13)14-7-5-6-8-16(14)23-17/h5-8,11-13H,9-10H2,1-4H3,(H,22,26). The minimum atomic E-state index is -0.165. The van der Waals surface area contributed by atoms with Gasteiger partial charge in [-0.1, -0.05) is 55.9 Å². The topological polar surface area (TPSA) is 80.9 Å². The van der Waals surface area contributed by atoms with Crippen molar-refractivity contribution in [2.45, 2.75) is 62.3 Å². The van der Waals surface area contributed by atoms with Crippen LogP contribution in [0.2, 0.25) is 0 Å². The van der Waals surface area contributed by atoms with Crippen LogP contribution in [0.5, 0.6) is 0 Å². The van der Waals surface area contributed by atoms with E-state index in [0.29, 0.717) is 23.3 Å². The lowest BCUT2D eigenvalue weighted by atomic mass is 9.96. The van der Waals surface area contributed by atoms with E-state index in [4.69, 9.17) is 9.51 Å². The molecule has 1 fully saturated rings. The van der Waals surface area contributed by atoms with E-state index in [9.17, 15) is 4.79 Å². The molecule has 7 heteroatoms. The zero-order valence-electron chi connectivity index (χ0n) is 16.5. The maximum atomic E-state index is 12.7. The number of nitrogens with one attached hydrogen (secondary N) is 1. The van der Waals surface area contributed by atoms with Crippen LogP contribution in [-0.4, -0.2) is 27.1 Å². The molecule has 0 spiro atoms. The first-order valence-electron chi connectivity index (χ1n) is 9.52. The maximum absolute atomic E-state index is 12.7. The Labute approximate surface area is 168 Å². The quantitative estimate of drug-likeness (QED) is 0.632. The van der Waals surface area contributed by atoms with Crippen molar-refractivity contribution < 1.29 is 9.32 Å². The molecule has 1 unspecified atom stereocenters. The fraction of sp³-hybridized carbons (Fsp3) is 0.429. The van der Waals surface area contributed by atoms with Crippen molar-refractivity contribution >= 4 is 28.6 Å². The van der Waals surface area contributed by atoms with E-state index in [-0.39, 0.29) is 16.6 Å². The second kappa shape index (κ2) is 7.20. The lowest BCUT2D eigenvalue weighted by molar-refractivity contribution is 0.0952. The molecule has 3 aromatic rings.